The van der Waals surface area contributed by atoms with Gasteiger partial charge in [-0.05, 0) is 31.6 Å². The van der Waals surface area contributed by atoms with E-state index >= 15 is 0 Å². The van der Waals surface area contributed by atoms with Crippen LogP contribution >= 0.6 is 0 Å². The number of carbonyl (C=O) groups is 1. The highest BCUT2D eigenvalue weighted by atomic mass is 16.1. The maximum Gasteiger partial charge on any atom is 0.254 e. The number of aryl methyl sites for hydroxylation is 1. The maximum absolute atomic E-state index is 12.1. The number of carbonyl (C=O) groups excluding carboxylic acids is 1. The highest BCUT2D eigenvalue weighted by molar-refractivity contribution is 5.95. The van der Waals surface area contributed by atoms with Gasteiger partial charge in [0.2, 0.25) is 0 Å². The van der Waals surface area contributed by atoms with E-state index in [0.717, 1.165) is 11.3 Å². The van der Waals surface area contributed by atoms with Crippen molar-refractivity contribution in [1.29, 1.82) is 0 Å². The van der Waals surface area contributed by atoms with Gasteiger partial charge in [-0.1, -0.05) is 0 Å². The summed E-state index contributed by atoms with van der Waals surface area (Å²) in [5.41, 5.74) is 7.79. The van der Waals surface area contributed by atoms with Crippen molar-refractivity contribution < 1.29 is 4.79 Å². The minimum absolute atomic E-state index is 0.0268. The van der Waals surface area contributed by atoms with E-state index in [1.165, 1.54) is 25.7 Å². The molecule has 3 N–H and O–H groups in total. The van der Waals surface area contributed by atoms with Crippen molar-refractivity contribution in [2.75, 3.05) is 6.54 Å². The molecular weight excluding hydrogens is 228 g/mol. The quantitative estimate of drug-likeness (QED) is 0.808. The Kier molecular flexibility index (Phi) is 2.86. The molecule has 1 unspecified atom stereocenters. The summed E-state index contributed by atoms with van der Waals surface area (Å²) in [6.07, 6.45) is 6.42. The summed E-state index contributed by atoms with van der Waals surface area (Å²) in [6, 6.07) is 0.106. The Bertz CT molecular complexity index is 460. The number of amides is 1. The van der Waals surface area contributed by atoms with E-state index in [9.17, 15) is 4.79 Å². The molecule has 0 spiro atoms. The molecule has 3 rings (SSSR count). The first-order chi connectivity index (χ1) is 8.66. The monoisotopic (exact) mass is 248 g/mol. The fourth-order valence-electron chi connectivity index (χ4n) is 2.46. The van der Waals surface area contributed by atoms with Crippen LogP contribution in [-0.4, -0.2) is 28.3 Å². The van der Waals surface area contributed by atoms with Crippen molar-refractivity contribution in [2.24, 2.45) is 18.7 Å². The lowest BCUT2D eigenvalue weighted by atomic mass is 10.1. The lowest BCUT2D eigenvalue weighted by Crippen LogP contribution is -2.38. The second kappa shape index (κ2) is 4.39. The zero-order valence-corrected chi connectivity index (χ0v) is 10.7. The van der Waals surface area contributed by atoms with Crippen LogP contribution in [-0.2, 0) is 7.05 Å². The molecule has 0 bridgehead atoms. The molecule has 2 saturated carbocycles. The van der Waals surface area contributed by atoms with Crippen molar-refractivity contribution in [3.8, 4) is 0 Å². The SMILES string of the molecule is Cn1ncc(C(=O)NCC(N)C2CC2)c1C1CC1. The summed E-state index contributed by atoms with van der Waals surface area (Å²) in [4.78, 5) is 12.1. The van der Waals surface area contributed by atoms with Gasteiger partial charge in [-0.25, -0.2) is 0 Å². The third kappa shape index (κ3) is 2.27. The third-order valence-electron chi connectivity index (χ3n) is 3.92. The molecular formula is C13H20N4O. The molecule has 98 valence electrons. The average Bonchev–Trinajstić information content (AvgIpc) is 3.24. The largest absolute Gasteiger partial charge is 0.350 e. The molecule has 0 radical (unpaired) electrons. The molecule has 1 aromatic heterocycles. The summed E-state index contributed by atoms with van der Waals surface area (Å²) in [7, 11) is 1.90. The Morgan fingerprint density at radius 3 is 2.89 bits per heavy atom. The normalized spacial score (nSPS) is 20.8. The number of hydrogen-bond donors (Lipinski definition) is 2. The van der Waals surface area contributed by atoms with E-state index in [-0.39, 0.29) is 11.9 Å². The molecule has 1 heterocycles. The van der Waals surface area contributed by atoms with Crippen molar-refractivity contribution >= 4 is 5.91 Å². The molecule has 0 saturated heterocycles. The van der Waals surface area contributed by atoms with E-state index in [1.54, 1.807) is 6.20 Å². The van der Waals surface area contributed by atoms with Crippen LogP contribution in [0.15, 0.2) is 6.20 Å². The van der Waals surface area contributed by atoms with Crippen LogP contribution in [0.25, 0.3) is 0 Å². The first-order valence-electron chi connectivity index (χ1n) is 6.72. The van der Waals surface area contributed by atoms with Gasteiger partial charge in [0.25, 0.3) is 5.91 Å². The third-order valence-corrected chi connectivity index (χ3v) is 3.92. The minimum atomic E-state index is -0.0268. The molecule has 1 atom stereocenters. The van der Waals surface area contributed by atoms with Crippen LogP contribution in [0.3, 0.4) is 0 Å². The molecule has 5 nitrogen and oxygen atoms in total. The lowest BCUT2D eigenvalue weighted by molar-refractivity contribution is 0.0949. The Labute approximate surface area is 107 Å². The Hall–Kier alpha value is -1.36. The van der Waals surface area contributed by atoms with Crippen LogP contribution in [0.2, 0.25) is 0 Å². The number of nitrogens with zero attached hydrogens (tertiary/aromatic N) is 2. The van der Waals surface area contributed by atoms with Gasteiger partial charge in [-0.3, -0.25) is 9.48 Å². The van der Waals surface area contributed by atoms with Gasteiger partial charge in [0.1, 0.15) is 0 Å². The van der Waals surface area contributed by atoms with Gasteiger partial charge >= 0.3 is 0 Å². The van der Waals surface area contributed by atoms with E-state index in [1.807, 2.05) is 11.7 Å². The molecule has 2 aliphatic carbocycles. The van der Waals surface area contributed by atoms with Crippen molar-refractivity contribution in [2.45, 2.75) is 37.6 Å². The zero-order chi connectivity index (χ0) is 12.7. The van der Waals surface area contributed by atoms with E-state index in [4.69, 9.17) is 5.73 Å². The smallest absolute Gasteiger partial charge is 0.254 e. The van der Waals surface area contributed by atoms with Crippen molar-refractivity contribution in [3.63, 3.8) is 0 Å². The first kappa shape index (κ1) is 11.7. The van der Waals surface area contributed by atoms with Crippen LogP contribution in [0, 0.1) is 5.92 Å². The molecule has 1 amide bonds. The molecule has 2 fully saturated rings. The van der Waals surface area contributed by atoms with Crippen molar-refractivity contribution in [1.82, 2.24) is 15.1 Å². The standard InChI is InChI=1S/C13H20N4O/c1-17-12(9-4-5-9)10(6-16-17)13(18)15-7-11(14)8-2-3-8/h6,8-9,11H,2-5,7,14H2,1H3,(H,15,18). The minimum Gasteiger partial charge on any atom is -0.350 e. The second-order valence-corrected chi connectivity index (χ2v) is 5.55. The van der Waals surface area contributed by atoms with Gasteiger partial charge in [-0.2, -0.15) is 5.10 Å². The highest BCUT2D eigenvalue weighted by Gasteiger charge is 2.32. The number of aromatic nitrogens is 2. The fraction of sp³-hybridized carbons (Fsp3) is 0.692. The van der Waals surface area contributed by atoms with Crippen LogP contribution in [0.4, 0.5) is 0 Å². The molecule has 1 aromatic rings. The molecule has 18 heavy (non-hydrogen) atoms. The Balaban J connectivity index is 1.64. The molecule has 2 aliphatic rings. The van der Waals surface area contributed by atoms with Gasteiger partial charge in [0.05, 0.1) is 17.5 Å². The van der Waals surface area contributed by atoms with Crippen molar-refractivity contribution in [3.05, 3.63) is 17.5 Å². The van der Waals surface area contributed by atoms with E-state index < -0.39 is 0 Å². The van der Waals surface area contributed by atoms with Gasteiger partial charge in [0, 0.05) is 25.6 Å². The van der Waals surface area contributed by atoms with Crippen LogP contribution in [0.5, 0.6) is 0 Å². The van der Waals surface area contributed by atoms with Gasteiger partial charge in [0.15, 0.2) is 0 Å². The first-order valence-corrected chi connectivity index (χ1v) is 6.72. The average molecular weight is 248 g/mol. The maximum atomic E-state index is 12.1. The summed E-state index contributed by atoms with van der Waals surface area (Å²) < 4.78 is 1.83. The molecule has 0 aliphatic heterocycles. The number of hydrogen-bond acceptors (Lipinski definition) is 3. The zero-order valence-electron chi connectivity index (χ0n) is 10.7. The number of nitrogens with two attached hydrogens (primary N) is 1. The predicted molar refractivity (Wildman–Crippen MR) is 68.2 cm³/mol. The van der Waals surface area contributed by atoms with Crippen LogP contribution < -0.4 is 11.1 Å². The number of nitrogens with one attached hydrogen (secondary N) is 1. The Morgan fingerprint density at radius 1 is 1.56 bits per heavy atom. The van der Waals surface area contributed by atoms with E-state index in [2.05, 4.69) is 10.4 Å². The van der Waals surface area contributed by atoms with E-state index in [0.29, 0.717) is 18.4 Å². The summed E-state index contributed by atoms with van der Waals surface area (Å²) in [5.74, 6) is 1.11. The summed E-state index contributed by atoms with van der Waals surface area (Å²) >= 11 is 0. The molecule has 5 heteroatoms. The number of rotatable bonds is 5. The topological polar surface area (TPSA) is 72.9 Å². The van der Waals surface area contributed by atoms with Crippen LogP contribution in [0.1, 0.15) is 47.7 Å². The summed E-state index contributed by atoms with van der Waals surface area (Å²) in [6.45, 7) is 0.572. The lowest BCUT2D eigenvalue weighted by Gasteiger charge is -2.11. The Morgan fingerprint density at radius 2 is 2.28 bits per heavy atom. The molecule has 0 aromatic carbocycles. The second-order valence-electron chi connectivity index (χ2n) is 5.55. The summed E-state index contributed by atoms with van der Waals surface area (Å²) in [5, 5.41) is 7.14. The predicted octanol–water partition coefficient (Wildman–Crippen LogP) is 0.765. The van der Waals surface area contributed by atoms with Gasteiger partial charge < -0.3 is 11.1 Å². The highest BCUT2D eigenvalue weighted by Crippen LogP contribution is 2.41. The fourth-order valence-corrected chi connectivity index (χ4v) is 2.46. The van der Waals surface area contributed by atoms with Gasteiger partial charge in [-0.15, -0.1) is 0 Å².